The molecule has 6 heteroatoms. The van der Waals surface area contributed by atoms with Gasteiger partial charge in [-0.05, 0) is 56.3 Å². The topological polar surface area (TPSA) is 48.9 Å². The molecule has 1 atom stereocenters. The number of guanidine groups is 1. The summed E-state index contributed by atoms with van der Waals surface area (Å²) in [4.78, 5) is 7.37. The molecular formula is C19H31IN4O. The Balaban J connectivity index is 0.00000225. The van der Waals surface area contributed by atoms with Crippen molar-refractivity contribution in [1.29, 1.82) is 0 Å². The van der Waals surface area contributed by atoms with E-state index in [0.29, 0.717) is 6.54 Å². The van der Waals surface area contributed by atoms with Crippen LogP contribution in [-0.4, -0.2) is 50.2 Å². The first-order valence-electron chi connectivity index (χ1n) is 9.17. The van der Waals surface area contributed by atoms with Gasteiger partial charge >= 0.3 is 0 Å². The van der Waals surface area contributed by atoms with Crippen LogP contribution in [0.4, 0.5) is 0 Å². The lowest BCUT2D eigenvalue weighted by molar-refractivity contribution is 0.314. The highest BCUT2D eigenvalue weighted by atomic mass is 127. The molecule has 1 unspecified atom stereocenters. The lowest BCUT2D eigenvalue weighted by Gasteiger charge is -2.17. The minimum atomic E-state index is 0. The molecule has 1 aliphatic heterocycles. The van der Waals surface area contributed by atoms with Crippen molar-refractivity contribution in [3.63, 3.8) is 0 Å². The molecule has 1 heterocycles. The quantitative estimate of drug-likeness (QED) is 0.375. The second-order valence-corrected chi connectivity index (χ2v) is 6.80. The standard InChI is InChI=1S/C19H30N4O.HI/c1-3-20-19(21-12-15-4-8-18(24-2)9-5-15)22-13-16-10-11-23(14-16)17-6-7-17;/h4-5,8-9,16-17H,3,6-7,10-14H2,1-2H3,(H2,20,21,22);1H. The Hall–Kier alpha value is -1.02. The number of methoxy groups -OCH3 is 1. The van der Waals surface area contributed by atoms with Crippen molar-refractivity contribution in [2.75, 3.05) is 33.3 Å². The van der Waals surface area contributed by atoms with Crippen LogP contribution in [0.5, 0.6) is 5.75 Å². The lowest BCUT2D eigenvalue weighted by atomic mass is 10.1. The third-order valence-corrected chi connectivity index (χ3v) is 4.86. The fourth-order valence-electron chi connectivity index (χ4n) is 3.28. The zero-order valence-corrected chi connectivity index (χ0v) is 17.7. The summed E-state index contributed by atoms with van der Waals surface area (Å²) in [5.74, 6) is 2.54. The summed E-state index contributed by atoms with van der Waals surface area (Å²) in [7, 11) is 1.69. The fourth-order valence-corrected chi connectivity index (χ4v) is 3.28. The third kappa shape index (κ3) is 6.33. The Morgan fingerprint density at radius 2 is 1.96 bits per heavy atom. The monoisotopic (exact) mass is 458 g/mol. The number of hydrogen-bond donors (Lipinski definition) is 2. The van der Waals surface area contributed by atoms with Crippen LogP contribution in [0.3, 0.4) is 0 Å². The SMILES string of the molecule is CCNC(=NCc1ccc(OC)cc1)NCC1CCN(C2CC2)C1.I. The minimum absolute atomic E-state index is 0. The number of hydrogen-bond acceptors (Lipinski definition) is 3. The maximum Gasteiger partial charge on any atom is 0.191 e. The maximum atomic E-state index is 5.19. The zero-order chi connectivity index (χ0) is 16.8. The molecular weight excluding hydrogens is 427 g/mol. The molecule has 25 heavy (non-hydrogen) atoms. The highest BCUT2D eigenvalue weighted by molar-refractivity contribution is 14.0. The van der Waals surface area contributed by atoms with E-state index in [0.717, 1.165) is 36.8 Å². The minimum Gasteiger partial charge on any atom is -0.497 e. The largest absolute Gasteiger partial charge is 0.497 e. The first kappa shape index (κ1) is 20.3. The number of benzene rings is 1. The molecule has 140 valence electrons. The predicted octanol–water partition coefficient (Wildman–Crippen LogP) is 2.85. The Kier molecular flexibility index (Phi) is 8.29. The fraction of sp³-hybridized carbons (Fsp3) is 0.632. The summed E-state index contributed by atoms with van der Waals surface area (Å²) in [6.07, 6.45) is 4.12. The number of nitrogens with zero attached hydrogens (tertiary/aromatic N) is 2. The second-order valence-electron chi connectivity index (χ2n) is 6.80. The van der Waals surface area contributed by atoms with Crippen molar-refractivity contribution in [2.45, 2.75) is 38.8 Å². The van der Waals surface area contributed by atoms with Crippen LogP contribution in [0.1, 0.15) is 31.7 Å². The first-order chi connectivity index (χ1) is 11.8. The van der Waals surface area contributed by atoms with Gasteiger partial charge in [-0.2, -0.15) is 0 Å². The average molecular weight is 458 g/mol. The van der Waals surface area contributed by atoms with Gasteiger partial charge in [-0.15, -0.1) is 24.0 Å². The van der Waals surface area contributed by atoms with E-state index in [2.05, 4.69) is 34.6 Å². The van der Waals surface area contributed by atoms with Crippen molar-refractivity contribution in [1.82, 2.24) is 15.5 Å². The van der Waals surface area contributed by atoms with Gasteiger partial charge in [-0.3, -0.25) is 0 Å². The Bertz CT molecular complexity index is 545. The van der Waals surface area contributed by atoms with Gasteiger partial charge in [0.2, 0.25) is 0 Å². The smallest absolute Gasteiger partial charge is 0.191 e. The normalized spacial score (nSPS) is 20.9. The number of nitrogens with one attached hydrogen (secondary N) is 2. The molecule has 2 fully saturated rings. The highest BCUT2D eigenvalue weighted by Crippen LogP contribution is 2.31. The van der Waals surface area contributed by atoms with Gasteiger partial charge in [0.15, 0.2) is 5.96 Å². The van der Waals surface area contributed by atoms with Crippen LogP contribution in [0, 0.1) is 5.92 Å². The van der Waals surface area contributed by atoms with E-state index in [-0.39, 0.29) is 24.0 Å². The molecule has 0 spiro atoms. The van der Waals surface area contributed by atoms with Gasteiger partial charge in [0.05, 0.1) is 13.7 Å². The van der Waals surface area contributed by atoms with Crippen molar-refractivity contribution in [2.24, 2.45) is 10.9 Å². The molecule has 3 rings (SSSR count). The summed E-state index contributed by atoms with van der Waals surface area (Å²) in [5.41, 5.74) is 1.19. The number of ether oxygens (including phenoxy) is 1. The first-order valence-corrected chi connectivity index (χ1v) is 9.17. The van der Waals surface area contributed by atoms with Gasteiger partial charge in [-0.1, -0.05) is 12.1 Å². The summed E-state index contributed by atoms with van der Waals surface area (Å²) in [6, 6.07) is 8.99. The van der Waals surface area contributed by atoms with Gasteiger partial charge in [0.1, 0.15) is 5.75 Å². The molecule has 1 aromatic carbocycles. The van der Waals surface area contributed by atoms with Crippen molar-refractivity contribution >= 4 is 29.9 Å². The molecule has 0 bridgehead atoms. The second kappa shape index (κ2) is 10.2. The van der Waals surface area contributed by atoms with Gasteiger partial charge in [0.25, 0.3) is 0 Å². The van der Waals surface area contributed by atoms with Crippen LogP contribution in [0.25, 0.3) is 0 Å². The Labute approximate surface area is 168 Å². The summed E-state index contributed by atoms with van der Waals surface area (Å²) in [5, 5.41) is 6.87. The summed E-state index contributed by atoms with van der Waals surface area (Å²) >= 11 is 0. The number of likely N-dealkylation sites (tertiary alicyclic amines) is 1. The van der Waals surface area contributed by atoms with E-state index in [9.17, 15) is 0 Å². The van der Waals surface area contributed by atoms with Crippen molar-refractivity contribution in [3.05, 3.63) is 29.8 Å². The van der Waals surface area contributed by atoms with Crippen molar-refractivity contribution < 1.29 is 4.74 Å². The summed E-state index contributed by atoms with van der Waals surface area (Å²) < 4.78 is 5.19. The molecule has 0 aromatic heterocycles. The highest BCUT2D eigenvalue weighted by Gasteiger charge is 2.34. The van der Waals surface area contributed by atoms with Crippen LogP contribution < -0.4 is 15.4 Å². The molecule has 2 N–H and O–H groups in total. The molecule has 0 radical (unpaired) electrons. The lowest BCUT2D eigenvalue weighted by Crippen LogP contribution is -2.40. The van der Waals surface area contributed by atoms with Crippen molar-refractivity contribution in [3.8, 4) is 5.75 Å². The van der Waals surface area contributed by atoms with E-state index in [4.69, 9.17) is 9.73 Å². The number of halogens is 1. The van der Waals surface area contributed by atoms with E-state index in [1.54, 1.807) is 7.11 Å². The molecule has 1 saturated heterocycles. The van der Waals surface area contributed by atoms with Gasteiger partial charge in [0, 0.05) is 25.7 Å². The van der Waals surface area contributed by atoms with Crippen LogP contribution in [0.15, 0.2) is 29.3 Å². The van der Waals surface area contributed by atoms with E-state index in [1.165, 1.54) is 37.9 Å². The van der Waals surface area contributed by atoms with E-state index < -0.39 is 0 Å². The van der Waals surface area contributed by atoms with Crippen LogP contribution in [0.2, 0.25) is 0 Å². The predicted molar refractivity (Wildman–Crippen MR) is 114 cm³/mol. The Morgan fingerprint density at radius 1 is 1.20 bits per heavy atom. The maximum absolute atomic E-state index is 5.19. The molecule has 0 amide bonds. The molecule has 5 nitrogen and oxygen atoms in total. The molecule has 2 aliphatic rings. The molecule has 1 aliphatic carbocycles. The number of rotatable bonds is 7. The van der Waals surface area contributed by atoms with E-state index in [1.807, 2.05) is 12.1 Å². The molecule has 1 saturated carbocycles. The number of aliphatic imine (C=N–C) groups is 1. The zero-order valence-electron chi connectivity index (χ0n) is 15.3. The van der Waals surface area contributed by atoms with Gasteiger partial charge < -0.3 is 20.3 Å². The average Bonchev–Trinajstić information content (AvgIpc) is 3.36. The Morgan fingerprint density at radius 3 is 2.60 bits per heavy atom. The van der Waals surface area contributed by atoms with Crippen LogP contribution >= 0.6 is 24.0 Å². The van der Waals surface area contributed by atoms with E-state index >= 15 is 0 Å². The third-order valence-electron chi connectivity index (χ3n) is 4.86. The van der Waals surface area contributed by atoms with Gasteiger partial charge in [-0.25, -0.2) is 4.99 Å². The summed E-state index contributed by atoms with van der Waals surface area (Å²) in [6.45, 7) is 7.20. The molecule has 1 aromatic rings. The van der Waals surface area contributed by atoms with Crippen LogP contribution in [-0.2, 0) is 6.54 Å².